The molecule has 60 valence electrons. The first-order chi connectivity index (χ1) is 5.33. The van der Waals surface area contributed by atoms with E-state index >= 15 is 0 Å². The molecule has 0 saturated heterocycles. The number of aliphatic hydroxyl groups is 1. The Kier molecular flexibility index (Phi) is 0.885. The van der Waals surface area contributed by atoms with Gasteiger partial charge in [0, 0.05) is 5.41 Å². The minimum absolute atomic E-state index is 0.116. The van der Waals surface area contributed by atoms with Gasteiger partial charge >= 0.3 is 0 Å². The van der Waals surface area contributed by atoms with Crippen LogP contribution in [0.15, 0.2) is 12.2 Å². The Labute approximate surface area is 67.1 Å². The largest absolute Gasteiger partial charge is 0.388 e. The molecule has 0 aromatic heterocycles. The summed E-state index contributed by atoms with van der Waals surface area (Å²) in [6, 6.07) is 0. The molecule has 0 amide bonds. The van der Waals surface area contributed by atoms with Crippen molar-refractivity contribution in [3.05, 3.63) is 12.2 Å². The topological polar surface area (TPSA) is 20.2 Å². The molecule has 0 aromatic carbocycles. The predicted molar refractivity (Wildman–Crippen MR) is 43.0 cm³/mol. The van der Waals surface area contributed by atoms with Gasteiger partial charge in [-0.3, -0.25) is 0 Å². The van der Waals surface area contributed by atoms with Crippen LogP contribution in [0.4, 0.5) is 0 Å². The molecule has 0 aromatic rings. The van der Waals surface area contributed by atoms with E-state index in [1.165, 1.54) is 12.8 Å². The molecule has 1 N–H and O–H groups in total. The van der Waals surface area contributed by atoms with E-state index in [1.54, 1.807) is 0 Å². The first-order valence-electron chi connectivity index (χ1n) is 4.64. The summed E-state index contributed by atoms with van der Waals surface area (Å²) in [5.74, 6) is 2.77. The van der Waals surface area contributed by atoms with Crippen LogP contribution < -0.4 is 0 Å². The van der Waals surface area contributed by atoms with E-state index in [1.807, 2.05) is 19.1 Å². The van der Waals surface area contributed by atoms with Crippen LogP contribution >= 0.6 is 0 Å². The van der Waals surface area contributed by atoms with Gasteiger partial charge in [-0.25, -0.2) is 0 Å². The molecular weight excluding hydrogens is 136 g/mol. The first-order valence-corrected chi connectivity index (χ1v) is 4.64. The first kappa shape index (κ1) is 6.24. The average Bonchev–Trinajstić information content (AvgIpc) is 2.68. The summed E-state index contributed by atoms with van der Waals surface area (Å²) in [5, 5.41) is 9.78. The van der Waals surface area contributed by atoms with Gasteiger partial charge in [0.1, 0.15) is 0 Å². The predicted octanol–water partition coefficient (Wildman–Crippen LogP) is 1.58. The molecular formula is C10H14O. The molecule has 4 aliphatic rings. The zero-order valence-electron chi connectivity index (χ0n) is 6.83. The van der Waals surface area contributed by atoms with Crippen molar-refractivity contribution in [2.24, 2.45) is 23.2 Å². The fourth-order valence-electron chi connectivity index (χ4n) is 3.71. The maximum Gasteiger partial charge on any atom is 0.0785 e. The second-order valence-corrected chi connectivity index (χ2v) is 4.29. The molecule has 2 bridgehead atoms. The van der Waals surface area contributed by atoms with E-state index in [2.05, 4.69) is 0 Å². The smallest absolute Gasteiger partial charge is 0.0785 e. The SMILES string of the molecule is C/C=C/C(O)C12C3CCC1C32. The second-order valence-electron chi connectivity index (χ2n) is 4.29. The molecule has 0 spiro atoms. The van der Waals surface area contributed by atoms with Gasteiger partial charge in [0.15, 0.2) is 0 Å². The minimum Gasteiger partial charge on any atom is -0.388 e. The minimum atomic E-state index is -0.116. The lowest BCUT2D eigenvalue weighted by Crippen LogP contribution is -2.16. The van der Waals surface area contributed by atoms with Crippen LogP contribution in [0.5, 0.6) is 0 Å². The van der Waals surface area contributed by atoms with E-state index < -0.39 is 0 Å². The zero-order chi connectivity index (χ0) is 7.64. The Morgan fingerprint density at radius 1 is 1.45 bits per heavy atom. The number of hydrogen-bond donors (Lipinski definition) is 1. The molecule has 3 unspecified atom stereocenters. The Bertz CT molecular complexity index is 210. The van der Waals surface area contributed by atoms with Gasteiger partial charge in [-0.1, -0.05) is 12.2 Å². The lowest BCUT2D eigenvalue weighted by molar-refractivity contribution is 0.151. The monoisotopic (exact) mass is 150 g/mol. The van der Waals surface area contributed by atoms with E-state index in [0.717, 1.165) is 17.8 Å². The van der Waals surface area contributed by atoms with Crippen molar-refractivity contribution in [3.63, 3.8) is 0 Å². The molecule has 4 rings (SSSR count). The highest BCUT2D eigenvalue weighted by Gasteiger charge is 2.90. The van der Waals surface area contributed by atoms with Crippen LogP contribution in [-0.4, -0.2) is 11.2 Å². The van der Waals surface area contributed by atoms with Crippen molar-refractivity contribution < 1.29 is 5.11 Å². The van der Waals surface area contributed by atoms with Crippen molar-refractivity contribution in [1.29, 1.82) is 0 Å². The normalized spacial score (nSPS) is 59.6. The summed E-state index contributed by atoms with van der Waals surface area (Å²) >= 11 is 0. The van der Waals surface area contributed by atoms with Crippen LogP contribution in [-0.2, 0) is 0 Å². The molecule has 4 saturated carbocycles. The zero-order valence-corrected chi connectivity index (χ0v) is 6.83. The van der Waals surface area contributed by atoms with Gasteiger partial charge in [0.25, 0.3) is 0 Å². The highest BCUT2D eigenvalue weighted by atomic mass is 16.3. The number of aliphatic hydroxyl groups excluding tert-OH is 1. The standard InChI is InChI=1S/C10H14O/c1-2-3-8(11)10-6-4-5-7(10)9(6)10/h2-3,6-9,11H,4-5H2,1H3/b3-2+. The molecule has 1 nitrogen and oxygen atoms in total. The Morgan fingerprint density at radius 2 is 2.09 bits per heavy atom. The van der Waals surface area contributed by atoms with Gasteiger partial charge in [-0.05, 0) is 37.5 Å². The summed E-state index contributed by atoms with van der Waals surface area (Å²) in [6.07, 6.45) is 6.62. The lowest BCUT2D eigenvalue weighted by atomic mass is 9.99. The fourth-order valence-corrected chi connectivity index (χ4v) is 3.71. The molecule has 0 aliphatic heterocycles. The van der Waals surface area contributed by atoms with E-state index in [-0.39, 0.29) is 6.10 Å². The third kappa shape index (κ3) is 0.451. The molecule has 0 heterocycles. The van der Waals surface area contributed by atoms with Gasteiger partial charge < -0.3 is 5.11 Å². The van der Waals surface area contributed by atoms with Crippen molar-refractivity contribution in [2.45, 2.75) is 25.9 Å². The van der Waals surface area contributed by atoms with E-state index in [9.17, 15) is 5.11 Å². The van der Waals surface area contributed by atoms with Crippen molar-refractivity contribution in [1.82, 2.24) is 0 Å². The molecule has 4 aliphatic carbocycles. The average molecular weight is 150 g/mol. The maximum absolute atomic E-state index is 9.78. The van der Waals surface area contributed by atoms with Crippen LogP contribution in [0.3, 0.4) is 0 Å². The van der Waals surface area contributed by atoms with E-state index in [4.69, 9.17) is 0 Å². The highest BCUT2D eigenvalue weighted by molar-refractivity contribution is 5.39. The van der Waals surface area contributed by atoms with Gasteiger partial charge in [0.2, 0.25) is 0 Å². The highest BCUT2D eigenvalue weighted by Crippen LogP contribution is 2.92. The van der Waals surface area contributed by atoms with Crippen molar-refractivity contribution >= 4 is 0 Å². The third-order valence-corrected chi connectivity index (χ3v) is 4.19. The summed E-state index contributed by atoms with van der Waals surface area (Å²) in [4.78, 5) is 0. The third-order valence-electron chi connectivity index (χ3n) is 4.19. The number of allylic oxidation sites excluding steroid dienone is 1. The maximum atomic E-state index is 9.78. The Hall–Kier alpha value is -0.300. The molecule has 4 fully saturated rings. The summed E-state index contributed by atoms with van der Waals surface area (Å²) in [5.41, 5.74) is 0.423. The quantitative estimate of drug-likeness (QED) is 0.592. The molecule has 3 atom stereocenters. The van der Waals surface area contributed by atoms with Crippen LogP contribution in [0.25, 0.3) is 0 Å². The Morgan fingerprint density at radius 3 is 2.55 bits per heavy atom. The lowest BCUT2D eigenvalue weighted by Gasteiger charge is -2.11. The van der Waals surface area contributed by atoms with E-state index in [0.29, 0.717) is 5.41 Å². The molecule has 1 heteroatoms. The van der Waals surface area contributed by atoms with Crippen molar-refractivity contribution in [2.75, 3.05) is 0 Å². The fraction of sp³-hybridized carbons (Fsp3) is 0.800. The van der Waals surface area contributed by atoms with Gasteiger partial charge in [-0.15, -0.1) is 0 Å². The summed E-state index contributed by atoms with van der Waals surface area (Å²) < 4.78 is 0. The van der Waals surface area contributed by atoms with Crippen LogP contribution in [0.2, 0.25) is 0 Å². The number of hydrogen-bond acceptors (Lipinski definition) is 1. The van der Waals surface area contributed by atoms with Crippen LogP contribution in [0, 0.1) is 23.2 Å². The summed E-state index contributed by atoms with van der Waals surface area (Å²) in [7, 11) is 0. The number of rotatable bonds is 2. The van der Waals surface area contributed by atoms with Crippen molar-refractivity contribution in [3.8, 4) is 0 Å². The van der Waals surface area contributed by atoms with Gasteiger partial charge in [-0.2, -0.15) is 0 Å². The van der Waals surface area contributed by atoms with Gasteiger partial charge in [0.05, 0.1) is 6.10 Å². The Balaban J connectivity index is 1.82. The summed E-state index contributed by atoms with van der Waals surface area (Å²) in [6.45, 7) is 1.99. The van der Waals surface area contributed by atoms with Crippen LogP contribution in [0.1, 0.15) is 19.8 Å². The number of fused-ring (bicyclic) bond motifs is 1. The second kappa shape index (κ2) is 1.56. The molecule has 0 radical (unpaired) electrons. The molecule has 11 heavy (non-hydrogen) atoms.